The maximum Gasteiger partial charge on any atom is 0.143 e. The Kier molecular flexibility index (Phi) is 7.96. The average Bonchev–Trinajstić information content (AvgIpc) is 3.64. The molecule has 0 aliphatic rings. The minimum absolute atomic E-state index is 0.0240. The standard InChI is InChI=1S/C53H36O/c1-2-11-36(12-3-1)37-23-25-38(26-24-37)39-27-31-42(32-28-39)52(43-33-29-41(30-34-43)47-19-9-14-40-13-4-5-17-46(40)47)45-16-8-15-44(35-45)48-20-10-21-50-49-18-6-7-22-51(49)54-53(48)50/h1-35,52H. The fourth-order valence-corrected chi connectivity index (χ4v) is 8.12. The van der Waals surface area contributed by atoms with E-state index in [9.17, 15) is 0 Å². The third-order valence-corrected chi connectivity index (χ3v) is 10.8. The number of benzene rings is 9. The van der Waals surface area contributed by atoms with Crippen LogP contribution >= 0.6 is 0 Å². The summed E-state index contributed by atoms with van der Waals surface area (Å²) in [5.41, 5.74) is 15.1. The minimum Gasteiger partial charge on any atom is -0.455 e. The average molecular weight is 689 g/mol. The van der Waals surface area contributed by atoms with Crippen LogP contribution in [0.1, 0.15) is 22.6 Å². The van der Waals surface area contributed by atoms with E-state index in [2.05, 4.69) is 206 Å². The Labute approximate surface area is 315 Å². The zero-order chi connectivity index (χ0) is 35.8. The molecule has 1 unspecified atom stereocenters. The van der Waals surface area contributed by atoms with Crippen LogP contribution in [-0.4, -0.2) is 0 Å². The lowest BCUT2D eigenvalue weighted by atomic mass is 9.83. The molecule has 0 spiro atoms. The van der Waals surface area contributed by atoms with Crippen molar-refractivity contribution >= 4 is 32.7 Å². The highest BCUT2D eigenvalue weighted by Gasteiger charge is 2.20. The van der Waals surface area contributed by atoms with E-state index >= 15 is 0 Å². The summed E-state index contributed by atoms with van der Waals surface area (Å²) in [6.45, 7) is 0. The Morgan fingerprint density at radius 2 is 0.796 bits per heavy atom. The number of para-hydroxylation sites is 2. The number of rotatable bonds is 7. The van der Waals surface area contributed by atoms with Crippen LogP contribution in [0.2, 0.25) is 0 Å². The predicted octanol–water partition coefficient (Wildman–Crippen LogP) is 14.6. The molecule has 10 rings (SSSR count). The molecule has 1 aromatic heterocycles. The Morgan fingerprint density at radius 1 is 0.296 bits per heavy atom. The van der Waals surface area contributed by atoms with Gasteiger partial charge in [-0.1, -0.05) is 206 Å². The fraction of sp³-hybridized carbons (Fsp3) is 0.0189. The number of fused-ring (bicyclic) bond motifs is 4. The first-order valence-electron chi connectivity index (χ1n) is 18.6. The van der Waals surface area contributed by atoms with Crippen molar-refractivity contribution in [2.24, 2.45) is 0 Å². The first-order chi connectivity index (χ1) is 26.8. The Bertz CT molecular complexity index is 2890. The molecular formula is C53H36O. The van der Waals surface area contributed by atoms with E-state index in [0.29, 0.717) is 0 Å². The summed E-state index contributed by atoms with van der Waals surface area (Å²) in [4.78, 5) is 0. The first kappa shape index (κ1) is 31.7. The van der Waals surface area contributed by atoms with Crippen molar-refractivity contribution in [1.82, 2.24) is 0 Å². The summed E-state index contributed by atoms with van der Waals surface area (Å²) >= 11 is 0. The molecule has 10 aromatic rings. The van der Waals surface area contributed by atoms with Gasteiger partial charge in [0.25, 0.3) is 0 Å². The normalized spacial score (nSPS) is 12.0. The lowest BCUT2D eigenvalue weighted by molar-refractivity contribution is 0.670. The number of hydrogen-bond donors (Lipinski definition) is 0. The fourth-order valence-electron chi connectivity index (χ4n) is 8.12. The molecule has 0 amide bonds. The molecular weight excluding hydrogens is 653 g/mol. The van der Waals surface area contributed by atoms with E-state index in [1.54, 1.807) is 0 Å². The molecule has 0 fully saturated rings. The third kappa shape index (κ3) is 5.77. The molecule has 0 saturated heterocycles. The Balaban J connectivity index is 1.06. The van der Waals surface area contributed by atoms with E-state index in [-0.39, 0.29) is 5.92 Å². The van der Waals surface area contributed by atoms with Gasteiger partial charge in [-0.15, -0.1) is 0 Å². The van der Waals surface area contributed by atoms with E-state index < -0.39 is 0 Å². The molecule has 1 heterocycles. The van der Waals surface area contributed by atoms with E-state index in [1.165, 1.54) is 60.8 Å². The van der Waals surface area contributed by atoms with Crippen LogP contribution in [0, 0.1) is 0 Å². The molecule has 1 atom stereocenters. The molecule has 0 N–H and O–H groups in total. The molecule has 0 radical (unpaired) electrons. The lowest BCUT2D eigenvalue weighted by Gasteiger charge is -2.21. The summed E-state index contributed by atoms with van der Waals surface area (Å²) in [6, 6.07) is 76.7. The summed E-state index contributed by atoms with van der Waals surface area (Å²) < 4.78 is 6.48. The molecule has 1 nitrogen and oxygen atoms in total. The van der Waals surface area contributed by atoms with Crippen LogP contribution in [0.25, 0.3) is 77.2 Å². The zero-order valence-corrected chi connectivity index (χ0v) is 29.7. The van der Waals surface area contributed by atoms with Crippen molar-refractivity contribution in [3.8, 4) is 44.5 Å². The quantitative estimate of drug-likeness (QED) is 0.152. The second-order valence-corrected chi connectivity index (χ2v) is 14.1. The van der Waals surface area contributed by atoms with Crippen LogP contribution < -0.4 is 0 Å². The smallest absolute Gasteiger partial charge is 0.143 e. The Morgan fingerprint density at radius 3 is 1.54 bits per heavy atom. The third-order valence-electron chi connectivity index (χ3n) is 10.8. The van der Waals surface area contributed by atoms with Gasteiger partial charge in [0.05, 0.1) is 0 Å². The van der Waals surface area contributed by atoms with Crippen molar-refractivity contribution in [2.75, 3.05) is 0 Å². The molecule has 54 heavy (non-hydrogen) atoms. The van der Waals surface area contributed by atoms with Gasteiger partial charge in [0.2, 0.25) is 0 Å². The van der Waals surface area contributed by atoms with Gasteiger partial charge in [0.15, 0.2) is 0 Å². The monoisotopic (exact) mass is 688 g/mol. The van der Waals surface area contributed by atoms with Gasteiger partial charge in [0, 0.05) is 22.3 Å². The molecule has 0 aliphatic heterocycles. The van der Waals surface area contributed by atoms with Gasteiger partial charge >= 0.3 is 0 Å². The second-order valence-electron chi connectivity index (χ2n) is 14.1. The number of furan rings is 1. The highest BCUT2D eigenvalue weighted by atomic mass is 16.3. The summed E-state index contributed by atoms with van der Waals surface area (Å²) in [7, 11) is 0. The topological polar surface area (TPSA) is 13.1 Å². The van der Waals surface area contributed by atoms with Gasteiger partial charge in [-0.3, -0.25) is 0 Å². The number of hydrogen-bond acceptors (Lipinski definition) is 1. The molecule has 0 aliphatic carbocycles. The van der Waals surface area contributed by atoms with Crippen LogP contribution in [0.5, 0.6) is 0 Å². The Hall–Kier alpha value is -6.96. The van der Waals surface area contributed by atoms with Crippen molar-refractivity contribution in [3.63, 3.8) is 0 Å². The largest absolute Gasteiger partial charge is 0.455 e. The van der Waals surface area contributed by atoms with Crippen molar-refractivity contribution in [3.05, 3.63) is 229 Å². The summed E-state index contributed by atoms with van der Waals surface area (Å²) in [5.74, 6) is 0.0240. The van der Waals surface area contributed by atoms with Gasteiger partial charge < -0.3 is 4.42 Å². The molecule has 0 bridgehead atoms. The van der Waals surface area contributed by atoms with Gasteiger partial charge in [-0.2, -0.15) is 0 Å². The van der Waals surface area contributed by atoms with Gasteiger partial charge in [-0.25, -0.2) is 0 Å². The van der Waals surface area contributed by atoms with Gasteiger partial charge in [0.1, 0.15) is 11.2 Å². The highest BCUT2D eigenvalue weighted by Crippen LogP contribution is 2.40. The van der Waals surface area contributed by atoms with Crippen LogP contribution in [0.15, 0.2) is 217 Å². The lowest BCUT2D eigenvalue weighted by Crippen LogP contribution is -2.04. The molecule has 254 valence electrons. The first-order valence-corrected chi connectivity index (χ1v) is 18.6. The van der Waals surface area contributed by atoms with Crippen molar-refractivity contribution < 1.29 is 4.42 Å². The maximum absolute atomic E-state index is 6.48. The van der Waals surface area contributed by atoms with Gasteiger partial charge in [-0.05, 0) is 72.5 Å². The maximum atomic E-state index is 6.48. The second kappa shape index (κ2) is 13.5. The van der Waals surface area contributed by atoms with E-state index in [4.69, 9.17) is 4.42 Å². The van der Waals surface area contributed by atoms with E-state index in [1.807, 2.05) is 6.07 Å². The summed E-state index contributed by atoms with van der Waals surface area (Å²) in [5, 5.41) is 4.80. The van der Waals surface area contributed by atoms with Crippen molar-refractivity contribution in [1.29, 1.82) is 0 Å². The molecule has 0 saturated carbocycles. The van der Waals surface area contributed by atoms with Crippen LogP contribution in [0.4, 0.5) is 0 Å². The predicted molar refractivity (Wildman–Crippen MR) is 227 cm³/mol. The molecule has 9 aromatic carbocycles. The SMILES string of the molecule is c1ccc(-c2ccc(-c3ccc(C(c4ccc(-c5cccc6ccccc56)cc4)c4cccc(-c5cccc6c5oc5ccccc56)c4)cc3)cc2)cc1. The highest BCUT2D eigenvalue weighted by molar-refractivity contribution is 6.09. The molecule has 1 heteroatoms. The zero-order valence-electron chi connectivity index (χ0n) is 29.7. The summed E-state index contributed by atoms with van der Waals surface area (Å²) in [6.07, 6.45) is 0. The minimum atomic E-state index is 0.0240. The van der Waals surface area contributed by atoms with Crippen molar-refractivity contribution in [2.45, 2.75) is 5.92 Å². The van der Waals surface area contributed by atoms with E-state index in [0.717, 1.165) is 33.1 Å². The van der Waals surface area contributed by atoms with Crippen LogP contribution in [0.3, 0.4) is 0 Å². The van der Waals surface area contributed by atoms with Crippen LogP contribution in [-0.2, 0) is 0 Å².